The van der Waals surface area contributed by atoms with Gasteiger partial charge in [-0.15, -0.1) is 0 Å². The molecule has 0 aliphatic heterocycles. The Bertz CT molecular complexity index is 181. The molecule has 64 valence electrons. The van der Waals surface area contributed by atoms with Crippen molar-refractivity contribution in [2.24, 2.45) is 0 Å². The van der Waals surface area contributed by atoms with Crippen LogP contribution in [0.1, 0.15) is 0 Å². The second kappa shape index (κ2) is 3.20. The van der Waals surface area contributed by atoms with Crippen LogP contribution in [0, 0.1) is 0 Å². The van der Waals surface area contributed by atoms with Gasteiger partial charge in [0, 0.05) is 4.48 Å². The highest BCUT2D eigenvalue weighted by Crippen LogP contribution is 2.23. The fraction of sp³-hybridized carbons (Fsp3) is 0.667. The van der Waals surface area contributed by atoms with E-state index in [1.54, 1.807) is 0 Å². The van der Waals surface area contributed by atoms with E-state index < -0.39 is 24.4 Å². The molecule has 1 aliphatic rings. The van der Waals surface area contributed by atoms with E-state index in [4.69, 9.17) is 20.4 Å². The molecule has 0 amide bonds. The molecule has 0 fully saturated rings. The van der Waals surface area contributed by atoms with Crippen LogP contribution in [-0.2, 0) is 0 Å². The van der Waals surface area contributed by atoms with Crippen molar-refractivity contribution in [1.82, 2.24) is 0 Å². The van der Waals surface area contributed by atoms with Crippen molar-refractivity contribution in [3.05, 3.63) is 10.6 Å². The lowest BCUT2D eigenvalue weighted by Gasteiger charge is -2.29. The summed E-state index contributed by atoms with van der Waals surface area (Å²) in [6, 6.07) is 0. The molecule has 0 bridgehead atoms. The molecule has 4 nitrogen and oxygen atoms in total. The van der Waals surface area contributed by atoms with Crippen molar-refractivity contribution in [2.75, 3.05) is 0 Å². The van der Waals surface area contributed by atoms with Gasteiger partial charge in [0.15, 0.2) is 0 Å². The Kier molecular flexibility index (Phi) is 2.66. The molecule has 0 aromatic rings. The van der Waals surface area contributed by atoms with Gasteiger partial charge in [-0.3, -0.25) is 0 Å². The largest absolute Gasteiger partial charge is 0.387 e. The van der Waals surface area contributed by atoms with E-state index in [9.17, 15) is 0 Å². The lowest BCUT2D eigenvalue weighted by atomic mass is 9.96. The lowest BCUT2D eigenvalue weighted by molar-refractivity contribution is -0.0894. The van der Waals surface area contributed by atoms with Gasteiger partial charge in [0.2, 0.25) is 0 Å². The summed E-state index contributed by atoms with van der Waals surface area (Å²) in [7, 11) is 0. The molecule has 0 aromatic heterocycles. The van der Waals surface area contributed by atoms with Crippen molar-refractivity contribution in [1.29, 1.82) is 0 Å². The van der Waals surface area contributed by atoms with Crippen LogP contribution in [0.15, 0.2) is 10.6 Å². The smallest absolute Gasteiger partial charge is 0.114 e. The number of hydrogen-bond donors (Lipinski definition) is 4. The van der Waals surface area contributed by atoms with E-state index in [1.165, 1.54) is 6.08 Å². The minimum absolute atomic E-state index is 0.294. The van der Waals surface area contributed by atoms with Gasteiger partial charge in [0.1, 0.15) is 24.4 Å². The van der Waals surface area contributed by atoms with Gasteiger partial charge in [0.25, 0.3) is 0 Å². The Balaban J connectivity index is 2.83. The molecule has 4 N–H and O–H groups in total. The molecule has 5 heteroatoms. The van der Waals surface area contributed by atoms with Crippen LogP contribution < -0.4 is 0 Å². The van der Waals surface area contributed by atoms with E-state index >= 15 is 0 Å². The Hall–Kier alpha value is 0.0600. The second-order valence-electron chi connectivity index (χ2n) is 2.47. The zero-order chi connectivity index (χ0) is 8.59. The van der Waals surface area contributed by atoms with Crippen LogP contribution in [0.25, 0.3) is 0 Å². The summed E-state index contributed by atoms with van der Waals surface area (Å²) in [5.41, 5.74) is 0. The van der Waals surface area contributed by atoms with E-state index in [-0.39, 0.29) is 0 Å². The Morgan fingerprint density at radius 1 is 1.09 bits per heavy atom. The molecule has 1 rings (SSSR count). The fourth-order valence-corrected chi connectivity index (χ4v) is 1.45. The van der Waals surface area contributed by atoms with Gasteiger partial charge < -0.3 is 20.4 Å². The van der Waals surface area contributed by atoms with Crippen molar-refractivity contribution in [2.45, 2.75) is 24.4 Å². The Morgan fingerprint density at radius 3 is 2.18 bits per heavy atom. The van der Waals surface area contributed by atoms with Crippen LogP contribution in [-0.4, -0.2) is 44.8 Å². The molecule has 0 saturated carbocycles. The first-order chi connectivity index (χ1) is 5.04. The zero-order valence-corrected chi connectivity index (χ0v) is 7.14. The van der Waals surface area contributed by atoms with Gasteiger partial charge in [-0.1, -0.05) is 15.9 Å². The van der Waals surface area contributed by atoms with Crippen LogP contribution in [0.2, 0.25) is 0 Å². The van der Waals surface area contributed by atoms with Gasteiger partial charge in [-0.25, -0.2) is 0 Å². The summed E-state index contributed by atoms with van der Waals surface area (Å²) < 4.78 is 0.294. The van der Waals surface area contributed by atoms with E-state index in [0.29, 0.717) is 4.48 Å². The van der Waals surface area contributed by atoms with Crippen LogP contribution in [0.4, 0.5) is 0 Å². The summed E-state index contributed by atoms with van der Waals surface area (Å²) in [6.07, 6.45) is -3.66. The maximum absolute atomic E-state index is 9.10. The van der Waals surface area contributed by atoms with E-state index in [1.807, 2.05) is 0 Å². The Morgan fingerprint density at radius 2 is 1.64 bits per heavy atom. The predicted octanol–water partition coefficient (Wildman–Crippen LogP) is -1.28. The monoisotopic (exact) mass is 224 g/mol. The molecule has 4 atom stereocenters. The van der Waals surface area contributed by atoms with Crippen molar-refractivity contribution < 1.29 is 20.4 Å². The molecule has 0 saturated heterocycles. The molecule has 4 unspecified atom stereocenters. The van der Waals surface area contributed by atoms with E-state index in [0.717, 1.165) is 0 Å². The predicted molar refractivity (Wildman–Crippen MR) is 41.0 cm³/mol. The molecular weight excluding hydrogens is 216 g/mol. The minimum Gasteiger partial charge on any atom is -0.387 e. The summed E-state index contributed by atoms with van der Waals surface area (Å²) in [4.78, 5) is 0. The third-order valence-electron chi connectivity index (χ3n) is 1.64. The van der Waals surface area contributed by atoms with Crippen LogP contribution in [0.5, 0.6) is 0 Å². The van der Waals surface area contributed by atoms with Crippen molar-refractivity contribution in [3.8, 4) is 0 Å². The highest BCUT2D eigenvalue weighted by atomic mass is 79.9. The molecule has 11 heavy (non-hydrogen) atoms. The minimum atomic E-state index is -1.33. The second-order valence-corrected chi connectivity index (χ2v) is 3.38. The summed E-state index contributed by atoms with van der Waals surface area (Å²) in [6.45, 7) is 0. The first-order valence-corrected chi connectivity index (χ1v) is 3.93. The fourth-order valence-electron chi connectivity index (χ4n) is 0.912. The highest BCUT2D eigenvalue weighted by molar-refractivity contribution is 9.11. The summed E-state index contributed by atoms with van der Waals surface area (Å²) in [5, 5.41) is 36.2. The molecule has 0 radical (unpaired) electrons. The summed E-state index contributed by atoms with van der Waals surface area (Å²) in [5.74, 6) is 0. The third-order valence-corrected chi connectivity index (χ3v) is 2.37. The third kappa shape index (κ3) is 1.62. The molecule has 0 aromatic carbocycles. The number of rotatable bonds is 0. The number of aliphatic hydroxyl groups excluding tert-OH is 4. The molecular formula is C6H9BrO4. The van der Waals surface area contributed by atoms with Crippen molar-refractivity contribution >= 4 is 15.9 Å². The quantitative estimate of drug-likeness (QED) is 0.414. The SMILES string of the molecule is OC1C=C(Br)C(O)C(O)C1O. The number of hydrogen-bond acceptors (Lipinski definition) is 4. The van der Waals surface area contributed by atoms with Gasteiger partial charge >= 0.3 is 0 Å². The van der Waals surface area contributed by atoms with Gasteiger partial charge in [-0.05, 0) is 6.08 Å². The maximum atomic E-state index is 9.10. The Labute approximate surface area is 71.9 Å². The zero-order valence-electron chi connectivity index (χ0n) is 5.55. The molecule has 0 spiro atoms. The summed E-state index contributed by atoms with van der Waals surface area (Å²) >= 11 is 2.94. The van der Waals surface area contributed by atoms with Gasteiger partial charge in [-0.2, -0.15) is 0 Å². The van der Waals surface area contributed by atoms with Crippen LogP contribution >= 0.6 is 15.9 Å². The maximum Gasteiger partial charge on any atom is 0.114 e. The topological polar surface area (TPSA) is 80.9 Å². The average molecular weight is 225 g/mol. The number of aliphatic hydroxyl groups is 4. The first kappa shape index (κ1) is 9.15. The molecule has 0 heterocycles. The average Bonchev–Trinajstić information content (AvgIpc) is 1.97. The van der Waals surface area contributed by atoms with E-state index in [2.05, 4.69) is 15.9 Å². The van der Waals surface area contributed by atoms with Crippen LogP contribution in [0.3, 0.4) is 0 Å². The highest BCUT2D eigenvalue weighted by Gasteiger charge is 2.35. The van der Waals surface area contributed by atoms with Gasteiger partial charge in [0.05, 0.1) is 0 Å². The van der Waals surface area contributed by atoms with Crippen molar-refractivity contribution in [3.63, 3.8) is 0 Å². The normalized spacial score (nSPS) is 45.4. The number of halogens is 1. The first-order valence-electron chi connectivity index (χ1n) is 3.13. The molecule has 1 aliphatic carbocycles. The standard InChI is InChI=1S/C6H9BrO4/c7-2-1-3(8)5(10)6(11)4(2)9/h1,3-6,8-11H. The lowest BCUT2D eigenvalue weighted by Crippen LogP contribution is -2.47.